The lowest BCUT2D eigenvalue weighted by atomic mass is 10.1. The molecule has 0 heterocycles. The lowest BCUT2D eigenvalue weighted by molar-refractivity contribution is -0.124. The van der Waals surface area contributed by atoms with Crippen LogP contribution in [0.4, 0.5) is 0 Å². The number of hydrogen-bond donors (Lipinski definition) is 1. The number of nitrogens with one attached hydrogen (secondary N) is 1. The molecule has 0 aliphatic rings. The van der Waals surface area contributed by atoms with Gasteiger partial charge in [-0.3, -0.25) is 4.79 Å². The number of carbonyl (C=O) groups excluding carboxylic acids is 2. The van der Waals surface area contributed by atoms with Gasteiger partial charge in [-0.05, 0) is 30.7 Å². The molecule has 0 spiro atoms. The van der Waals surface area contributed by atoms with E-state index in [1.54, 1.807) is 24.3 Å². The number of benzene rings is 2. The smallest absolute Gasteiger partial charge is 0.338 e. The molecule has 0 bridgehead atoms. The molecule has 0 unspecified atom stereocenters. The number of ether oxygens (including phenoxy) is 1. The third-order valence-electron chi connectivity index (χ3n) is 3.02. The molecule has 5 heteroatoms. The summed E-state index contributed by atoms with van der Waals surface area (Å²) in [6.07, 6.45) is 0. The van der Waals surface area contributed by atoms with Crippen molar-refractivity contribution >= 4 is 23.5 Å². The van der Waals surface area contributed by atoms with E-state index >= 15 is 0 Å². The molecule has 22 heavy (non-hydrogen) atoms. The highest BCUT2D eigenvalue weighted by Gasteiger charge is 2.10. The van der Waals surface area contributed by atoms with Crippen molar-refractivity contribution in [3.05, 3.63) is 70.2 Å². The second-order valence-electron chi connectivity index (χ2n) is 4.81. The van der Waals surface area contributed by atoms with Crippen LogP contribution in [0.1, 0.15) is 21.5 Å². The molecule has 2 aromatic carbocycles. The number of halogens is 1. The van der Waals surface area contributed by atoms with Crippen LogP contribution in [0.25, 0.3) is 0 Å². The molecule has 0 aliphatic heterocycles. The monoisotopic (exact) mass is 317 g/mol. The topological polar surface area (TPSA) is 55.4 Å². The zero-order valence-corrected chi connectivity index (χ0v) is 12.9. The lowest BCUT2D eigenvalue weighted by Crippen LogP contribution is -2.28. The number of aryl methyl sites for hydroxylation is 1. The molecule has 0 saturated heterocycles. The summed E-state index contributed by atoms with van der Waals surface area (Å²) in [5, 5.41) is 3.24. The zero-order chi connectivity index (χ0) is 15.9. The molecule has 0 saturated carbocycles. The highest BCUT2D eigenvalue weighted by atomic mass is 35.5. The van der Waals surface area contributed by atoms with E-state index in [9.17, 15) is 9.59 Å². The van der Waals surface area contributed by atoms with Crippen molar-refractivity contribution in [2.75, 3.05) is 6.61 Å². The minimum atomic E-state index is -0.517. The fourth-order valence-electron chi connectivity index (χ4n) is 1.87. The summed E-state index contributed by atoms with van der Waals surface area (Å²) in [5.41, 5.74) is 2.19. The predicted octanol–water partition coefficient (Wildman–Crippen LogP) is 3.12. The number of carbonyl (C=O) groups is 2. The third-order valence-corrected chi connectivity index (χ3v) is 3.39. The normalized spacial score (nSPS) is 10.1. The third kappa shape index (κ3) is 4.60. The molecule has 114 valence electrons. The molecule has 2 aromatic rings. The van der Waals surface area contributed by atoms with E-state index in [0.717, 1.165) is 11.1 Å². The minimum Gasteiger partial charge on any atom is -0.452 e. The van der Waals surface area contributed by atoms with Crippen molar-refractivity contribution in [3.63, 3.8) is 0 Å². The second-order valence-corrected chi connectivity index (χ2v) is 5.22. The molecular formula is C17H16ClNO3. The van der Waals surface area contributed by atoms with Crippen molar-refractivity contribution in [1.29, 1.82) is 0 Å². The van der Waals surface area contributed by atoms with Crippen LogP contribution in [-0.2, 0) is 16.1 Å². The first-order valence-corrected chi connectivity index (χ1v) is 7.18. The summed E-state index contributed by atoms with van der Waals surface area (Å²) in [4.78, 5) is 23.5. The summed E-state index contributed by atoms with van der Waals surface area (Å²) in [7, 11) is 0. The number of hydrogen-bond acceptors (Lipinski definition) is 3. The van der Waals surface area contributed by atoms with Crippen LogP contribution in [0.2, 0.25) is 5.02 Å². The van der Waals surface area contributed by atoms with E-state index in [1.165, 1.54) is 0 Å². The van der Waals surface area contributed by atoms with E-state index in [4.69, 9.17) is 16.3 Å². The Kier molecular flexibility index (Phi) is 5.55. The Morgan fingerprint density at radius 3 is 2.64 bits per heavy atom. The Hall–Kier alpha value is -2.33. The van der Waals surface area contributed by atoms with Gasteiger partial charge < -0.3 is 10.1 Å². The molecule has 2 rings (SSSR count). The first-order chi connectivity index (χ1) is 10.6. The van der Waals surface area contributed by atoms with Gasteiger partial charge in [0.15, 0.2) is 6.61 Å². The molecule has 4 nitrogen and oxygen atoms in total. The highest BCUT2D eigenvalue weighted by molar-refractivity contribution is 6.31. The molecule has 0 aliphatic carbocycles. The quantitative estimate of drug-likeness (QED) is 0.862. The Balaban J connectivity index is 1.81. The Bertz CT molecular complexity index is 685. The molecule has 0 aromatic heterocycles. The molecule has 0 atom stereocenters. The largest absolute Gasteiger partial charge is 0.452 e. The van der Waals surface area contributed by atoms with Crippen molar-refractivity contribution in [2.45, 2.75) is 13.5 Å². The first-order valence-electron chi connectivity index (χ1n) is 6.80. The average molecular weight is 318 g/mol. The van der Waals surface area contributed by atoms with Crippen molar-refractivity contribution in [3.8, 4) is 0 Å². The van der Waals surface area contributed by atoms with E-state index < -0.39 is 5.97 Å². The summed E-state index contributed by atoms with van der Waals surface area (Å²) in [5.74, 6) is -0.891. The van der Waals surface area contributed by atoms with Crippen LogP contribution in [0.15, 0.2) is 48.5 Å². The van der Waals surface area contributed by atoms with Crippen molar-refractivity contribution in [1.82, 2.24) is 5.32 Å². The van der Waals surface area contributed by atoms with E-state index in [1.807, 2.05) is 31.2 Å². The molecule has 0 radical (unpaired) electrons. The van der Waals surface area contributed by atoms with Crippen LogP contribution in [0.3, 0.4) is 0 Å². The van der Waals surface area contributed by atoms with Gasteiger partial charge in [-0.25, -0.2) is 4.79 Å². The maximum atomic E-state index is 11.8. The summed E-state index contributed by atoms with van der Waals surface area (Å²) in [6, 6.07) is 14.2. The van der Waals surface area contributed by atoms with Crippen LogP contribution >= 0.6 is 11.6 Å². The van der Waals surface area contributed by atoms with E-state index in [-0.39, 0.29) is 12.5 Å². The van der Waals surface area contributed by atoms with Gasteiger partial charge in [0.05, 0.1) is 5.56 Å². The first kappa shape index (κ1) is 16.0. The number of esters is 1. The van der Waals surface area contributed by atoms with Gasteiger partial charge in [0.1, 0.15) is 0 Å². The summed E-state index contributed by atoms with van der Waals surface area (Å²) < 4.78 is 4.98. The van der Waals surface area contributed by atoms with Gasteiger partial charge in [0, 0.05) is 11.6 Å². The maximum Gasteiger partial charge on any atom is 0.338 e. The zero-order valence-electron chi connectivity index (χ0n) is 12.1. The van der Waals surface area contributed by atoms with Gasteiger partial charge in [0.2, 0.25) is 0 Å². The van der Waals surface area contributed by atoms with Crippen LogP contribution in [0.5, 0.6) is 0 Å². The fourth-order valence-corrected chi connectivity index (χ4v) is 2.08. The standard InChI is InChI=1S/C17H16ClNO3/c1-12-5-4-7-13(9-12)17(21)22-11-16(20)19-10-14-6-2-3-8-15(14)18/h2-9H,10-11H2,1H3,(H,19,20). The van der Waals surface area contributed by atoms with Crippen molar-refractivity contribution in [2.24, 2.45) is 0 Å². The van der Waals surface area contributed by atoms with E-state index in [0.29, 0.717) is 17.1 Å². The minimum absolute atomic E-state index is 0.292. The Labute approximate surface area is 134 Å². The van der Waals surface area contributed by atoms with Crippen LogP contribution in [0, 0.1) is 6.92 Å². The van der Waals surface area contributed by atoms with Crippen LogP contribution in [-0.4, -0.2) is 18.5 Å². The average Bonchev–Trinajstić information content (AvgIpc) is 2.52. The highest BCUT2D eigenvalue weighted by Crippen LogP contribution is 2.14. The molecule has 1 amide bonds. The van der Waals surface area contributed by atoms with Crippen LogP contribution < -0.4 is 5.32 Å². The fraction of sp³-hybridized carbons (Fsp3) is 0.176. The Morgan fingerprint density at radius 2 is 1.91 bits per heavy atom. The Morgan fingerprint density at radius 1 is 1.14 bits per heavy atom. The number of rotatable bonds is 5. The molecule has 1 N–H and O–H groups in total. The van der Waals surface area contributed by atoms with Gasteiger partial charge in [-0.1, -0.05) is 47.5 Å². The second kappa shape index (κ2) is 7.61. The molecule has 0 fully saturated rings. The number of amides is 1. The predicted molar refractivity (Wildman–Crippen MR) is 84.8 cm³/mol. The lowest BCUT2D eigenvalue weighted by Gasteiger charge is -2.08. The van der Waals surface area contributed by atoms with Crippen molar-refractivity contribution < 1.29 is 14.3 Å². The van der Waals surface area contributed by atoms with Gasteiger partial charge in [0.25, 0.3) is 5.91 Å². The summed E-state index contributed by atoms with van der Waals surface area (Å²) in [6.45, 7) is 1.85. The molecular weight excluding hydrogens is 302 g/mol. The SMILES string of the molecule is Cc1cccc(C(=O)OCC(=O)NCc2ccccc2Cl)c1. The maximum absolute atomic E-state index is 11.8. The summed E-state index contributed by atoms with van der Waals surface area (Å²) >= 11 is 5.99. The van der Waals surface area contributed by atoms with Gasteiger partial charge >= 0.3 is 5.97 Å². The van der Waals surface area contributed by atoms with E-state index in [2.05, 4.69) is 5.32 Å². The van der Waals surface area contributed by atoms with Gasteiger partial charge in [-0.15, -0.1) is 0 Å². The van der Waals surface area contributed by atoms with Gasteiger partial charge in [-0.2, -0.15) is 0 Å².